The summed E-state index contributed by atoms with van der Waals surface area (Å²) in [4.78, 5) is 27.3. The van der Waals surface area contributed by atoms with Gasteiger partial charge in [0.1, 0.15) is 5.82 Å². The van der Waals surface area contributed by atoms with Crippen LogP contribution in [0.25, 0.3) is 0 Å². The minimum atomic E-state index is -0.728. The Morgan fingerprint density at radius 1 is 1.14 bits per heavy atom. The van der Waals surface area contributed by atoms with Crippen LogP contribution in [0, 0.1) is 5.82 Å². The van der Waals surface area contributed by atoms with E-state index in [1.165, 1.54) is 37.2 Å². The fourth-order valence-electron chi connectivity index (χ4n) is 1.85. The molecular weight excluding hydrogens is 279 g/mol. The Balaban J connectivity index is 2.39. The average Bonchev–Trinajstić information content (AvgIpc) is 2.91. The third-order valence-electron chi connectivity index (χ3n) is 2.86. The summed E-state index contributed by atoms with van der Waals surface area (Å²) in [5.74, 6) is -1.78. The average molecular weight is 292 g/mol. The van der Waals surface area contributed by atoms with Crippen molar-refractivity contribution < 1.29 is 23.5 Å². The van der Waals surface area contributed by atoms with Gasteiger partial charge in [0.15, 0.2) is 11.4 Å². The van der Waals surface area contributed by atoms with Crippen LogP contribution in [0.15, 0.2) is 30.6 Å². The van der Waals surface area contributed by atoms with Gasteiger partial charge in [-0.15, -0.1) is 0 Å². The molecule has 0 unspecified atom stereocenters. The molecule has 0 bridgehead atoms. The van der Waals surface area contributed by atoms with Crippen LogP contribution in [-0.2, 0) is 16.0 Å². The molecule has 2 aromatic rings. The summed E-state index contributed by atoms with van der Waals surface area (Å²) >= 11 is 0. The zero-order chi connectivity index (χ0) is 15.4. The molecule has 1 aromatic heterocycles. The van der Waals surface area contributed by atoms with Crippen LogP contribution in [0.5, 0.6) is 0 Å². The lowest BCUT2D eigenvalue weighted by Crippen LogP contribution is -2.16. The zero-order valence-electron chi connectivity index (χ0n) is 11.5. The lowest BCUT2D eigenvalue weighted by molar-refractivity contribution is 0.0544. The Hall–Kier alpha value is -2.70. The molecule has 0 saturated carbocycles. The molecule has 0 aliphatic rings. The zero-order valence-corrected chi connectivity index (χ0v) is 11.5. The van der Waals surface area contributed by atoms with E-state index in [0.717, 1.165) is 5.56 Å². The third-order valence-corrected chi connectivity index (χ3v) is 2.86. The maximum Gasteiger partial charge on any atom is 0.359 e. The lowest BCUT2D eigenvalue weighted by Gasteiger charge is -2.08. The third kappa shape index (κ3) is 3.07. The minimum Gasteiger partial charge on any atom is -0.464 e. The summed E-state index contributed by atoms with van der Waals surface area (Å²) in [6.07, 6.45) is 1.34. The number of nitrogens with zero attached hydrogens (tertiary/aromatic N) is 2. The van der Waals surface area contributed by atoms with Crippen LogP contribution in [0.2, 0.25) is 0 Å². The second-order valence-electron chi connectivity index (χ2n) is 4.18. The summed E-state index contributed by atoms with van der Waals surface area (Å²) in [7, 11) is 2.40. The van der Waals surface area contributed by atoms with Gasteiger partial charge in [-0.25, -0.2) is 19.0 Å². The molecule has 1 aromatic carbocycles. The number of carbonyl (C=O) groups is 2. The first-order chi connectivity index (χ1) is 10.1. The first kappa shape index (κ1) is 14.7. The second kappa shape index (κ2) is 6.17. The van der Waals surface area contributed by atoms with Crippen LogP contribution in [-0.4, -0.2) is 35.7 Å². The predicted molar refractivity (Wildman–Crippen MR) is 70.4 cm³/mol. The highest BCUT2D eigenvalue weighted by atomic mass is 19.1. The molecule has 0 saturated heterocycles. The molecule has 0 amide bonds. The molecule has 0 aliphatic heterocycles. The molecule has 21 heavy (non-hydrogen) atoms. The highest BCUT2D eigenvalue weighted by Crippen LogP contribution is 2.14. The van der Waals surface area contributed by atoms with Crippen molar-refractivity contribution in [1.82, 2.24) is 9.55 Å². The van der Waals surface area contributed by atoms with Gasteiger partial charge in [-0.1, -0.05) is 12.1 Å². The van der Waals surface area contributed by atoms with Crippen molar-refractivity contribution in [3.8, 4) is 0 Å². The fraction of sp³-hybridized carbons (Fsp3) is 0.214. The number of esters is 2. The molecule has 1 heterocycles. The molecule has 0 N–H and O–H groups in total. The molecule has 0 spiro atoms. The van der Waals surface area contributed by atoms with E-state index in [4.69, 9.17) is 0 Å². The molecule has 0 aliphatic carbocycles. The highest BCUT2D eigenvalue weighted by molar-refractivity contribution is 6.00. The van der Waals surface area contributed by atoms with Gasteiger partial charge in [0.05, 0.1) is 20.5 Å². The Morgan fingerprint density at radius 2 is 1.76 bits per heavy atom. The summed E-state index contributed by atoms with van der Waals surface area (Å²) < 4.78 is 23.6. The lowest BCUT2D eigenvalue weighted by atomic mass is 10.2. The molecule has 110 valence electrons. The first-order valence-corrected chi connectivity index (χ1v) is 6.03. The molecule has 6 nitrogen and oxygen atoms in total. The van der Waals surface area contributed by atoms with Gasteiger partial charge in [-0.05, 0) is 17.7 Å². The molecule has 0 radical (unpaired) electrons. The van der Waals surface area contributed by atoms with Crippen molar-refractivity contribution in [3.63, 3.8) is 0 Å². The SMILES string of the molecule is COC(=O)c1ncn(Cc2ccc(F)cc2)c1C(=O)OC. The Morgan fingerprint density at radius 3 is 2.33 bits per heavy atom. The van der Waals surface area contributed by atoms with Crippen molar-refractivity contribution in [3.05, 3.63) is 53.4 Å². The molecule has 0 fully saturated rings. The molecule has 2 rings (SSSR count). The van der Waals surface area contributed by atoms with Crippen LogP contribution in [0.1, 0.15) is 26.5 Å². The number of ether oxygens (including phenoxy) is 2. The number of carbonyl (C=O) groups excluding carboxylic acids is 2. The summed E-state index contributed by atoms with van der Waals surface area (Å²) in [6, 6.07) is 5.78. The van der Waals surface area contributed by atoms with Crippen LogP contribution in [0.4, 0.5) is 4.39 Å². The Labute approximate surface area is 120 Å². The summed E-state index contributed by atoms with van der Waals surface area (Å²) in [5.41, 5.74) is 0.621. The summed E-state index contributed by atoms with van der Waals surface area (Å²) in [6.45, 7) is 0.245. The summed E-state index contributed by atoms with van der Waals surface area (Å²) in [5, 5.41) is 0. The standard InChI is InChI=1S/C14H13FN2O4/c1-20-13(18)11-12(14(19)21-2)17(8-16-11)7-9-3-5-10(15)6-4-9/h3-6,8H,7H2,1-2H3. The number of hydrogen-bond acceptors (Lipinski definition) is 5. The van der Waals surface area contributed by atoms with Gasteiger partial charge in [0.25, 0.3) is 0 Å². The van der Waals surface area contributed by atoms with Crippen LogP contribution in [0.3, 0.4) is 0 Å². The van der Waals surface area contributed by atoms with E-state index in [1.54, 1.807) is 12.1 Å². The van der Waals surface area contributed by atoms with Crippen molar-refractivity contribution >= 4 is 11.9 Å². The maximum atomic E-state index is 12.9. The maximum absolute atomic E-state index is 12.9. The molecular formula is C14H13FN2O4. The van der Waals surface area contributed by atoms with E-state index in [9.17, 15) is 14.0 Å². The van der Waals surface area contributed by atoms with Gasteiger partial charge in [0.2, 0.25) is 0 Å². The quantitative estimate of drug-likeness (QED) is 0.801. The largest absolute Gasteiger partial charge is 0.464 e. The number of hydrogen-bond donors (Lipinski definition) is 0. The van der Waals surface area contributed by atoms with Gasteiger partial charge < -0.3 is 14.0 Å². The van der Waals surface area contributed by atoms with Gasteiger partial charge >= 0.3 is 11.9 Å². The molecule has 0 atom stereocenters. The van der Waals surface area contributed by atoms with E-state index in [0.29, 0.717) is 0 Å². The van der Waals surface area contributed by atoms with E-state index in [1.807, 2.05) is 0 Å². The van der Waals surface area contributed by atoms with Crippen molar-refractivity contribution in [1.29, 1.82) is 0 Å². The molecule has 7 heteroatoms. The number of rotatable bonds is 4. The van der Waals surface area contributed by atoms with Gasteiger partial charge in [0, 0.05) is 6.54 Å². The Bertz CT molecular complexity index is 664. The minimum absolute atomic E-state index is 0.00586. The van der Waals surface area contributed by atoms with E-state index < -0.39 is 11.9 Å². The first-order valence-electron chi connectivity index (χ1n) is 6.03. The number of methoxy groups -OCH3 is 2. The van der Waals surface area contributed by atoms with E-state index in [2.05, 4.69) is 14.5 Å². The number of imidazole rings is 1. The normalized spacial score (nSPS) is 10.2. The smallest absolute Gasteiger partial charge is 0.359 e. The number of aromatic nitrogens is 2. The monoisotopic (exact) mass is 292 g/mol. The van der Waals surface area contributed by atoms with Crippen LogP contribution < -0.4 is 0 Å². The van der Waals surface area contributed by atoms with Crippen LogP contribution >= 0.6 is 0 Å². The van der Waals surface area contributed by atoms with Gasteiger partial charge in [-0.2, -0.15) is 0 Å². The predicted octanol–water partition coefficient (Wildman–Crippen LogP) is 1.64. The number of benzene rings is 1. The second-order valence-corrected chi connectivity index (χ2v) is 4.18. The van der Waals surface area contributed by atoms with E-state index in [-0.39, 0.29) is 23.7 Å². The van der Waals surface area contributed by atoms with Crippen molar-refractivity contribution in [2.24, 2.45) is 0 Å². The Kier molecular flexibility index (Phi) is 4.32. The highest BCUT2D eigenvalue weighted by Gasteiger charge is 2.25. The topological polar surface area (TPSA) is 70.4 Å². The van der Waals surface area contributed by atoms with Gasteiger partial charge in [-0.3, -0.25) is 0 Å². The fourth-order valence-corrected chi connectivity index (χ4v) is 1.85. The van der Waals surface area contributed by atoms with Crippen molar-refractivity contribution in [2.75, 3.05) is 14.2 Å². The van der Waals surface area contributed by atoms with Crippen molar-refractivity contribution in [2.45, 2.75) is 6.54 Å². The number of halogens is 1. The van der Waals surface area contributed by atoms with E-state index >= 15 is 0 Å².